The number of rotatable bonds is 6. The third-order valence-electron chi connectivity index (χ3n) is 4.77. The summed E-state index contributed by atoms with van der Waals surface area (Å²) in [6.07, 6.45) is 5.16. The molecule has 0 bridgehead atoms. The van der Waals surface area contributed by atoms with Crippen LogP contribution >= 0.6 is 0 Å². The van der Waals surface area contributed by atoms with Gasteiger partial charge in [-0.2, -0.15) is 0 Å². The fourth-order valence-corrected chi connectivity index (χ4v) is 3.51. The lowest BCUT2D eigenvalue weighted by atomic mass is 9.97. The number of esters is 1. The van der Waals surface area contributed by atoms with E-state index in [1.54, 1.807) is 0 Å². The van der Waals surface area contributed by atoms with Gasteiger partial charge in [-0.15, -0.1) is 0 Å². The number of hydrogen-bond donors (Lipinski definition) is 0. The highest BCUT2D eigenvalue weighted by atomic mass is 16.5. The van der Waals surface area contributed by atoms with Gasteiger partial charge in [0.2, 0.25) is 0 Å². The molecular weight excluding hydrogens is 310 g/mol. The Morgan fingerprint density at radius 2 is 1.68 bits per heavy atom. The molecule has 1 saturated heterocycles. The van der Waals surface area contributed by atoms with Crippen molar-refractivity contribution in [3.8, 4) is 0 Å². The summed E-state index contributed by atoms with van der Waals surface area (Å²) in [6, 6.07) is 20.9. The number of carbonyl (C=O) groups excluding carboxylic acids is 1. The average Bonchev–Trinajstić information content (AvgIpc) is 3.14. The molecule has 2 aromatic carbocycles. The minimum absolute atomic E-state index is 0.0738. The summed E-state index contributed by atoms with van der Waals surface area (Å²) in [5.74, 6) is -0.104. The Labute approximate surface area is 149 Å². The van der Waals surface area contributed by atoms with Gasteiger partial charge < -0.3 is 4.74 Å². The molecule has 0 spiro atoms. The summed E-state index contributed by atoms with van der Waals surface area (Å²) in [5.41, 5.74) is 3.69. The van der Waals surface area contributed by atoms with Crippen molar-refractivity contribution in [3.63, 3.8) is 0 Å². The lowest BCUT2D eigenvalue weighted by Crippen LogP contribution is -2.37. The summed E-state index contributed by atoms with van der Waals surface area (Å²) in [7, 11) is 1.47. The molecule has 0 amide bonds. The van der Waals surface area contributed by atoms with Crippen LogP contribution in [0.3, 0.4) is 0 Å². The van der Waals surface area contributed by atoms with E-state index in [0.717, 1.165) is 32.4 Å². The summed E-state index contributed by atoms with van der Waals surface area (Å²) in [6.45, 7) is 1.85. The van der Waals surface area contributed by atoms with Crippen LogP contribution in [0.5, 0.6) is 0 Å². The van der Waals surface area contributed by atoms with Crippen LogP contribution in [-0.4, -0.2) is 37.1 Å². The molecule has 0 N–H and O–H groups in total. The molecule has 3 rings (SSSR count). The molecule has 1 atom stereocenters. The van der Waals surface area contributed by atoms with Crippen molar-refractivity contribution in [2.75, 3.05) is 20.2 Å². The molecule has 1 fully saturated rings. The first-order chi connectivity index (χ1) is 12.3. The molecule has 2 aromatic rings. The Morgan fingerprint density at radius 3 is 2.24 bits per heavy atom. The van der Waals surface area contributed by atoms with E-state index < -0.39 is 0 Å². The van der Waals surface area contributed by atoms with Crippen LogP contribution in [0.4, 0.5) is 0 Å². The van der Waals surface area contributed by atoms with Gasteiger partial charge in [-0.25, -0.2) is 0 Å². The molecule has 0 aliphatic carbocycles. The topological polar surface area (TPSA) is 29.5 Å². The first-order valence-electron chi connectivity index (χ1n) is 8.92. The molecular formula is C22H25NO2. The number of carbonyl (C=O) groups is 1. The SMILES string of the molecule is COC(=O)C1CCCN1CCC=C(c1ccccc1)c1ccccc1. The first-order valence-corrected chi connectivity index (χ1v) is 8.92. The molecule has 25 heavy (non-hydrogen) atoms. The van der Waals surface area contributed by atoms with E-state index in [0.29, 0.717) is 0 Å². The van der Waals surface area contributed by atoms with Crippen molar-refractivity contribution < 1.29 is 9.53 Å². The second-order valence-corrected chi connectivity index (χ2v) is 6.36. The zero-order chi connectivity index (χ0) is 17.5. The highest BCUT2D eigenvalue weighted by Crippen LogP contribution is 2.24. The molecule has 1 aliphatic heterocycles. The highest BCUT2D eigenvalue weighted by molar-refractivity contribution is 5.79. The van der Waals surface area contributed by atoms with E-state index in [1.807, 2.05) is 12.1 Å². The Kier molecular flexibility index (Phi) is 6.02. The second kappa shape index (κ2) is 8.63. The van der Waals surface area contributed by atoms with Gasteiger partial charge >= 0.3 is 5.97 Å². The van der Waals surface area contributed by atoms with E-state index in [-0.39, 0.29) is 12.0 Å². The van der Waals surface area contributed by atoms with E-state index in [9.17, 15) is 4.79 Å². The van der Waals surface area contributed by atoms with Crippen LogP contribution in [0.25, 0.3) is 5.57 Å². The maximum Gasteiger partial charge on any atom is 0.323 e. The summed E-state index contributed by atoms with van der Waals surface area (Å²) in [5, 5.41) is 0. The Bertz CT molecular complexity index is 668. The van der Waals surface area contributed by atoms with Crippen LogP contribution in [0.15, 0.2) is 66.7 Å². The number of likely N-dealkylation sites (tertiary alicyclic amines) is 1. The summed E-state index contributed by atoms with van der Waals surface area (Å²) >= 11 is 0. The van der Waals surface area contributed by atoms with Gasteiger partial charge in [-0.3, -0.25) is 9.69 Å². The van der Waals surface area contributed by atoms with Crippen molar-refractivity contribution in [3.05, 3.63) is 77.9 Å². The molecule has 130 valence electrons. The molecule has 1 aliphatic rings. The summed E-state index contributed by atoms with van der Waals surface area (Å²) in [4.78, 5) is 14.1. The van der Waals surface area contributed by atoms with Crippen LogP contribution in [0, 0.1) is 0 Å². The number of nitrogens with zero attached hydrogens (tertiary/aromatic N) is 1. The van der Waals surface area contributed by atoms with E-state index in [1.165, 1.54) is 23.8 Å². The normalized spacial score (nSPS) is 17.2. The average molecular weight is 335 g/mol. The van der Waals surface area contributed by atoms with Crippen molar-refractivity contribution in [1.29, 1.82) is 0 Å². The van der Waals surface area contributed by atoms with Gasteiger partial charge in [-0.05, 0) is 42.5 Å². The van der Waals surface area contributed by atoms with Gasteiger partial charge in [-0.1, -0.05) is 66.7 Å². The lowest BCUT2D eigenvalue weighted by molar-refractivity contribution is -0.145. The predicted octanol–water partition coefficient (Wildman–Crippen LogP) is 4.15. The maximum atomic E-state index is 11.9. The number of benzene rings is 2. The Morgan fingerprint density at radius 1 is 1.08 bits per heavy atom. The van der Waals surface area contributed by atoms with Crippen LogP contribution in [-0.2, 0) is 9.53 Å². The molecule has 1 heterocycles. The molecule has 0 radical (unpaired) electrons. The minimum Gasteiger partial charge on any atom is -0.468 e. The smallest absolute Gasteiger partial charge is 0.323 e. The van der Waals surface area contributed by atoms with Gasteiger partial charge in [0.25, 0.3) is 0 Å². The minimum atomic E-state index is -0.104. The third-order valence-corrected chi connectivity index (χ3v) is 4.77. The van der Waals surface area contributed by atoms with Crippen molar-refractivity contribution in [1.82, 2.24) is 4.90 Å². The molecule has 0 saturated carbocycles. The van der Waals surface area contributed by atoms with Gasteiger partial charge in [0.15, 0.2) is 0 Å². The van der Waals surface area contributed by atoms with E-state index >= 15 is 0 Å². The molecule has 3 heteroatoms. The number of methoxy groups -OCH3 is 1. The largest absolute Gasteiger partial charge is 0.468 e. The zero-order valence-corrected chi connectivity index (χ0v) is 14.7. The van der Waals surface area contributed by atoms with Gasteiger partial charge in [0.1, 0.15) is 6.04 Å². The molecule has 3 nitrogen and oxygen atoms in total. The molecule has 0 aromatic heterocycles. The fourth-order valence-electron chi connectivity index (χ4n) is 3.51. The lowest BCUT2D eigenvalue weighted by Gasteiger charge is -2.21. The number of ether oxygens (including phenoxy) is 1. The maximum absolute atomic E-state index is 11.9. The fraction of sp³-hybridized carbons (Fsp3) is 0.318. The second-order valence-electron chi connectivity index (χ2n) is 6.36. The van der Waals surface area contributed by atoms with Gasteiger partial charge in [0, 0.05) is 6.54 Å². The Hall–Kier alpha value is -2.39. The molecule has 1 unspecified atom stereocenters. The van der Waals surface area contributed by atoms with Crippen molar-refractivity contribution >= 4 is 11.5 Å². The predicted molar refractivity (Wildman–Crippen MR) is 101 cm³/mol. The monoisotopic (exact) mass is 335 g/mol. The van der Waals surface area contributed by atoms with Crippen molar-refractivity contribution in [2.24, 2.45) is 0 Å². The Balaban J connectivity index is 1.75. The van der Waals surface area contributed by atoms with Gasteiger partial charge in [0.05, 0.1) is 7.11 Å². The number of hydrogen-bond acceptors (Lipinski definition) is 3. The third kappa shape index (κ3) is 4.37. The zero-order valence-electron chi connectivity index (χ0n) is 14.7. The standard InChI is InChI=1S/C22H25NO2/c1-25-22(24)21-15-9-17-23(21)16-8-14-20(18-10-4-2-5-11-18)19-12-6-3-7-13-19/h2-7,10-14,21H,8-9,15-17H2,1H3. The van der Waals surface area contributed by atoms with E-state index in [4.69, 9.17) is 4.74 Å². The van der Waals surface area contributed by atoms with E-state index in [2.05, 4.69) is 59.5 Å². The van der Waals surface area contributed by atoms with Crippen LogP contribution < -0.4 is 0 Å². The van der Waals surface area contributed by atoms with Crippen LogP contribution in [0.1, 0.15) is 30.4 Å². The summed E-state index contributed by atoms with van der Waals surface area (Å²) < 4.78 is 4.93. The first kappa shape index (κ1) is 17.4. The quantitative estimate of drug-likeness (QED) is 0.743. The van der Waals surface area contributed by atoms with Crippen LogP contribution in [0.2, 0.25) is 0 Å². The van der Waals surface area contributed by atoms with Crippen molar-refractivity contribution in [2.45, 2.75) is 25.3 Å². The highest BCUT2D eigenvalue weighted by Gasteiger charge is 2.30.